The van der Waals surface area contributed by atoms with Gasteiger partial charge in [0.05, 0.1) is 5.57 Å². The Morgan fingerprint density at radius 3 is 2.12 bits per heavy atom. The van der Waals surface area contributed by atoms with E-state index in [-0.39, 0.29) is 22.9 Å². The maximum absolute atomic E-state index is 12.9. The average Bonchev–Trinajstić information content (AvgIpc) is 2.68. The monoisotopic (exact) mass is 366 g/mol. The molecule has 2 aliphatic rings. The number of benzene rings is 2. The first-order chi connectivity index (χ1) is 12.6. The van der Waals surface area contributed by atoms with Crippen LogP contribution in [0.5, 0.6) is 0 Å². The highest BCUT2D eigenvalue weighted by Gasteiger charge is 2.33. The molecule has 4 heteroatoms. The van der Waals surface area contributed by atoms with E-state index in [4.69, 9.17) is 11.6 Å². The van der Waals surface area contributed by atoms with Crippen molar-refractivity contribution in [2.24, 2.45) is 0 Å². The van der Waals surface area contributed by atoms with E-state index in [2.05, 4.69) is 12.1 Å². The molecule has 2 N–H and O–H groups in total. The normalized spacial score (nSPS) is 20.3. The molecule has 1 saturated carbocycles. The van der Waals surface area contributed by atoms with Crippen molar-refractivity contribution in [3.05, 3.63) is 87.1 Å². The van der Waals surface area contributed by atoms with Gasteiger partial charge in [-0.25, -0.2) is 0 Å². The zero-order chi connectivity index (χ0) is 18.3. The lowest BCUT2D eigenvalue weighted by molar-refractivity contribution is 0.102. The fourth-order valence-electron chi connectivity index (χ4n) is 3.99. The lowest BCUT2D eigenvalue weighted by Gasteiger charge is -2.27. The zero-order valence-corrected chi connectivity index (χ0v) is 15.0. The molecular weight excluding hydrogens is 348 g/mol. The highest BCUT2D eigenvalue weighted by Crippen LogP contribution is 2.41. The van der Waals surface area contributed by atoms with Crippen molar-refractivity contribution in [1.82, 2.24) is 0 Å². The topological polar surface area (TPSA) is 57.5 Å². The van der Waals surface area contributed by atoms with Crippen LogP contribution in [0.25, 0.3) is 5.76 Å². The van der Waals surface area contributed by atoms with Gasteiger partial charge in [-0.3, -0.25) is 4.79 Å². The van der Waals surface area contributed by atoms with E-state index < -0.39 is 0 Å². The fourth-order valence-corrected chi connectivity index (χ4v) is 4.11. The van der Waals surface area contributed by atoms with E-state index in [1.807, 2.05) is 12.1 Å². The highest BCUT2D eigenvalue weighted by atomic mass is 35.5. The summed E-state index contributed by atoms with van der Waals surface area (Å²) < 4.78 is 0. The number of hydrogen-bond acceptors (Lipinski definition) is 3. The molecule has 0 spiro atoms. The van der Waals surface area contributed by atoms with Crippen LogP contribution in [0.1, 0.15) is 53.1 Å². The second-order valence-electron chi connectivity index (χ2n) is 6.88. The minimum absolute atomic E-state index is 0.198. The van der Waals surface area contributed by atoms with Crippen molar-refractivity contribution >= 4 is 23.1 Å². The molecule has 0 amide bonds. The Hall–Kier alpha value is -2.52. The Labute approximate surface area is 157 Å². The largest absolute Gasteiger partial charge is 0.504 e. The number of ketones is 1. The summed E-state index contributed by atoms with van der Waals surface area (Å²) in [6, 6.07) is 14.8. The molecular formula is C22H19ClO3. The van der Waals surface area contributed by atoms with Gasteiger partial charge in [0.1, 0.15) is 0 Å². The lowest BCUT2D eigenvalue weighted by atomic mass is 9.77. The Morgan fingerprint density at radius 2 is 1.46 bits per heavy atom. The first-order valence-corrected chi connectivity index (χ1v) is 9.18. The third-order valence-corrected chi connectivity index (χ3v) is 5.65. The standard InChI is InChI=1S/C22H19ClO3/c23-16-11-9-14(10-12-16)13-5-7-15(8-6-13)19-20(24)17-3-1-2-4-18(17)21(25)22(19)26/h1-4,9-13,25-26H,5-8H2. The third kappa shape index (κ3) is 2.82. The summed E-state index contributed by atoms with van der Waals surface area (Å²) in [5.74, 6) is -0.269. The van der Waals surface area contributed by atoms with Crippen molar-refractivity contribution in [2.75, 3.05) is 0 Å². The molecule has 26 heavy (non-hydrogen) atoms. The van der Waals surface area contributed by atoms with Gasteiger partial charge < -0.3 is 10.2 Å². The number of aliphatic hydroxyl groups excluding tert-OH is 2. The maximum Gasteiger partial charge on any atom is 0.197 e. The number of allylic oxidation sites excluding steroid dienone is 2. The summed E-state index contributed by atoms with van der Waals surface area (Å²) in [4.78, 5) is 12.9. The van der Waals surface area contributed by atoms with Gasteiger partial charge in [-0.05, 0) is 49.3 Å². The van der Waals surface area contributed by atoms with E-state index in [1.165, 1.54) is 5.56 Å². The molecule has 0 atom stereocenters. The molecule has 0 heterocycles. The molecule has 3 nitrogen and oxygen atoms in total. The number of rotatable bonds is 1. The lowest BCUT2D eigenvalue weighted by Crippen LogP contribution is -2.19. The molecule has 0 unspecified atom stereocenters. The van der Waals surface area contributed by atoms with Crippen LogP contribution >= 0.6 is 11.6 Å². The van der Waals surface area contributed by atoms with Crippen LogP contribution in [0, 0.1) is 0 Å². The molecule has 132 valence electrons. The van der Waals surface area contributed by atoms with Gasteiger partial charge >= 0.3 is 0 Å². The first kappa shape index (κ1) is 16.9. The predicted octanol–water partition coefficient (Wildman–Crippen LogP) is 5.98. The van der Waals surface area contributed by atoms with Crippen molar-refractivity contribution in [3.63, 3.8) is 0 Å². The van der Waals surface area contributed by atoms with Gasteiger partial charge in [0.25, 0.3) is 0 Å². The number of Topliss-reactive ketones (excluding diaryl/α,β-unsaturated/α-hetero) is 1. The predicted molar refractivity (Wildman–Crippen MR) is 103 cm³/mol. The second-order valence-corrected chi connectivity index (χ2v) is 7.31. The minimum atomic E-state index is -0.284. The highest BCUT2D eigenvalue weighted by molar-refractivity contribution is 6.30. The minimum Gasteiger partial charge on any atom is -0.504 e. The number of carbonyl (C=O) groups excluding carboxylic acids is 1. The molecule has 0 aliphatic heterocycles. The van der Waals surface area contributed by atoms with Gasteiger partial charge in [-0.1, -0.05) is 53.6 Å². The van der Waals surface area contributed by atoms with Crippen molar-refractivity contribution in [1.29, 1.82) is 0 Å². The van der Waals surface area contributed by atoms with E-state index in [9.17, 15) is 15.0 Å². The molecule has 2 aromatic carbocycles. The van der Waals surface area contributed by atoms with Gasteiger partial charge in [-0.15, -0.1) is 0 Å². The number of fused-ring (bicyclic) bond motifs is 1. The summed E-state index contributed by atoms with van der Waals surface area (Å²) in [6.45, 7) is 0. The SMILES string of the molecule is O=C1C(=C2CCC(c3ccc(Cl)cc3)CC2)C(O)=C(O)c2ccccc21. The van der Waals surface area contributed by atoms with Gasteiger partial charge in [0, 0.05) is 16.1 Å². The Balaban J connectivity index is 1.64. The number of halogens is 1. The van der Waals surface area contributed by atoms with Gasteiger partial charge in [0.2, 0.25) is 0 Å². The summed E-state index contributed by atoms with van der Waals surface area (Å²) in [6.07, 6.45) is 3.27. The van der Waals surface area contributed by atoms with E-state index in [0.29, 0.717) is 17.0 Å². The van der Waals surface area contributed by atoms with Crippen LogP contribution in [0.4, 0.5) is 0 Å². The third-order valence-electron chi connectivity index (χ3n) is 5.40. The van der Waals surface area contributed by atoms with Crippen molar-refractivity contribution in [2.45, 2.75) is 31.6 Å². The number of hydrogen-bond donors (Lipinski definition) is 2. The molecule has 2 aromatic rings. The maximum atomic E-state index is 12.9. The van der Waals surface area contributed by atoms with Crippen LogP contribution in [-0.4, -0.2) is 16.0 Å². The van der Waals surface area contributed by atoms with E-state index >= 15 is 0 Å². The Kier molecular flexibility index (Phi) is 4.33. The van der Waals surface area contributed by atoms with Crippen molar-refractivity contribution < 1.29 is 15.0 Å². The van der Waals surface area contributed by atoms with E-state index in [1.54, 1.807) is 24.3 Å². The van der Waals surface area contributed by atoms with Crippen LogP contribution in [0.15, 0.2) is 65.4 Å². The number of carbonyl (C=O) groups is 1. The average molecular weight is 367 g/mol. The van der Waals surface area contributed by atoms with Crippen LogP contribution in [0.2, 0.25) is 5.02 Å². The van der Waals surface area contributed by atoms with Crippen LogP contribution in [0.3, 0.4) is 0 Å². The Bertz CT molecular complexity index is 928. The summed E-state index contributed by atoms with van der Waals surface area (Å²) in [5.41, 5.74) is 3.32. The molecule has 0 bridgehead atoms. The van der Waals surface area contributed by atoms with Crippen LogP contribution < -0.4 is 0 Å². The van der Waals surface area contributed by atoms with Crippen molar-refractivity contribution in [3.8, 4) is 0 Å². The summed E-state index contributed by atoms with van der Waals surface area (Å²) in [7, 11) is 0. The molecule has 4 rings (SSSR count). The smallest absolute Gasteiger partial charge is 0.197 e. The zero-order valence-electron chi connectivity index (χ0n) is 14.2. The van der Waals surface area contributed by atoms with Gasteiger partial charge in [0.15, 0.2) is 17.3 Å². The number of aliphatic hydroxyl groups is 2. The van der Waals surface area contributed by atoms with Crippen LogP contribution in [-0.2, 0) is 0 Å². The first-order valence-electron chi connectivity index (χ1n) is 8.80. The summed E-state index contributed by atoms with van der Waals surface area (Å²) in [5, 5.41) is 21.5. The molecule has 1 fully saturated rings. The summed E-state index contributed by atoms with van der Waals surface area (Å²) >= 11 is 5.96. The fraction of sp³-hybridized carbons (Fsp3) is 0.227. The molecule has 2 aliphatic carbocycles. The second kappa shape index (κ2) is 6.65. The molecule has 0 aromatic heterocycles. The molecule has 0 radical (unpaired) electrons. The quantitative estimate of drug-likeness (QED) is 0.611. The van der Waals surface area contributed by atoms with E-state index in [0.717, 1.165) is 36.3 Å². The molecule has 0 saturated heterocycles. The Morgan fingerprint density at radius 1 is 0.846 bits per heavy atom. The van der Waals surface area contributed by atoms with Gasteiger partial charge in [-0.2, -0.15) is 0 Å².